The van der Waals surface area contributed by atoms with Gasteiger partial charge in [0.25, 0.3) is 8.32 Å². The molecule has 0 saturated carbocycles. The van der Waals surface area contributed by atoms with Crippen LogP contribution in [0.2, 0.25) is 19.6 Å². The summed E-state index contributed by atoms with van der Waals surface area (Å²) >= 11 is 0. The lowest BCUT2D eigenvalue weighted by Crippen LogP contribution is -2.23. The molecule has 0 aliphatic carbocycles. The second-order valence-electron chi connectivity index (χ2n) is 4.42. The van der Waals surface area contributed by atoms with Crippen LogP contribution in [-0.4, -0.2) is 8.32 Å². The summed E-state index contributed by atoms with van der Waals surface area (Å²) < 4.78 is 5.66. The highest BCUT2D eigenvalue weighted by atomic mass is 28.4. The molecule has 0 aliphatic rings. The maximum atomic E-state index is 5.66. The average molecular weight is 207 g/mol. The van der Waals surface area contributed by atoms with Crippen LogP contribution in [0.3, 0.4) is 0 Å². The molecule has 0 bridgehead atoms. The molecule has 0 aromatic heterocycles. The van der Waals surface area contributed by atoms with E-state index in [0.29, 0.717) is 0 Å². The topological polar surface area (TPSA) is 9.23 Å². The Morgan fingerprint density at radius 2 is 1.79 bits per heavy atom. The van der Waals surface area contributed by atoms with Crippen molar-refractivity contribution in [2.24, 2.45) is 0 Å². The molecule has 1 rings (SSSR count). The van der Waals surface area contributed by atoms with Gasteiger partial charge in [-0.05, 0) is 25.2 Å². The van der Waals surface area contributed by atoms with Crippen molar-refractivity contribution in [3.05, 3.63) is 42.5 Å². The zero-order valence-corrected chi connectivity index (χ0v) is 10.3. The molecule has 14 heavy (non-hydrogen) atoms. The molecule has 0 fully saturated rings. The summed E-state index contributed by atoms with van der Waals surface area (Å²) in [6, 6.07) is 10.5. The molecule has 0 heterocycles. The normalized spacial score (nSPS) is 11.4. The predicted molar refractivity (Wildman–Crippen MR) is 63.5 cm³/mol. The lowest BCUT2D eigenvalue weighted by Gasteiger charge is -2.07. The van der Waals surface area contributed by atoms with Crippen molar-refractivity contribution in [2.45, 2.75) is 32.5 Å². The standard InChI is InChI=1S/C12H19OSi/c1-14(2,3)13-11-7-10-12-8-5-4-6-9-12/h4-6,8-9,11H,7,10H2,1-3H3/q+1. The third kappa shape index (κ3) is 5.10. The summed E-state index contributed by atoms with van der Waals surface area (Å²) in [6.07, 6.45) is 2.08. The van der Waals surface area contributed by atoms with E-state index in [1.54, 1.807) is 0 Å². The number of hydrogen-bond donors (Lipinski definition) is 0. The highest BCUT2D eigenvalue weighted by molar-refractivity contribution is 6.69. The Balaban J connectivity index is 2.17. The second-order valence-corrected chi connectivity index (χ2v) is 8.88. The lowest BCUT2D eigenvalue weighted by atomic mass is 10.1. The summed E-state index contributed by atoms with van der Waals surface area (Å²) in [5, 5.41) is 0. The molecular weight excluding hydrogens is 188 g/mol. The first kappa shape index (κ1) is 11.3. The molecule has 0 unspecified atom stereocenters. The van der Waals surface area contributed by atoms with E-state index in [1.807, 2.05) is 12.7 Å². The van der Waals surface area contributed by atoms with Crippen LogP contribution in [-0.2, 0) is 10.8 Å². The highest BCUT2D eigenvalue weighted by Crippen LogP contribution is 2.09. The number of rotatable bonds is 5. The van der Waals surface area contributed by atoms with Gasteiger partial charge in [-0.15, -0.1) is 0 Å². The fourth-order valence-corrected chi connectivity index (χ4v) is 1.80. The number of hydrogen-bond acceptors (Lipinski definition) is 1. The molecule has 0 saturated heterocycles. The third-order valence-corrected chi connectivity index (χ3v) is 2.70. The maximum absolute atomic E-state index is 5.66. The Labute approximate surface area is 88.2 Å². The average Bonchev–Trinajstić information content (AvgIpc) is 2.13. The minimum absolute atomic E-state index is 1.01. The van der Waals surface area contributed by atoms with E-state index in [2.05, 4.69) is 43.9 Å². The smallest absolute Gasteiger partial charge is 0.247 e. The first-order valence-electron chi connectivity index (χ1n) is 5.11. The monoisotopic (exact) mass is 207 g/mol. The predicted octanol–water partition coefficient (Wildman–Crippen LogP) is 3.63. The van der Waals surface area contributed by atoms with Gasteiger partial charge in [0.2, 0.25) is 6.61 Å². The van der Waals surface area contributed by atoms with Crippen molar-refractivity contribution in [3.63, 3.8) is 0 Å². The van der Waals surface area contributed by atoms with Gasteiger partial charge in [-0.1, -0.05) is 30.3 Å². The fourth-order valence-electron chi connectivity index (χ4n) is 1.18. The zero-order chi connectivity index (χ0) is 10.4. The van der Waals surface area contributed by atoms with Crippen LogP contribution in [0.15, 0.2) is 30.3 Å². The van der Waals surface area contributed by atoms with E-state index in [4.69, 9.17) is 4.43 Å². The zero-order valence-electron chi connectivity index (χ0n) is 9.29. The van der Waals surface area contributed by atoms with Gasteiger partial charge in [0.1, 0.15) is 6.42 Å². The largest absolute Gasteiger partial charge is 0.253 e. The SMILES string of the molecule is C[Si](C)(C)O[CH+]CCc1ccccc1. The minimum Gasteiger partial charge on any atom is -0.247 e. The molecule has 0 aliphatic heterocycles. The van der Waals surface area contributed by atoms with Crippen LogP contribution in [0.5, 0.6) is 0 Å². The minimum atomic E-state index is -1.35. The molecule has 2 heteroatoms. The molecule has 0 amide bonds. The van der Waals surface area contributed by atoms with Crippen molar-refractivity contribution in [2.75, 3.05) is 0 Å². The maximum Gasteiger partial charge on any atom is 0.253 e. The molecule has 76 valence electrons. The van der Waals surface area contributed by atoms with Crippen LogP contribution in [0.1, 0.15) is 12.0 Å². The Morgan fingerprint density at radius 1 is 1.14 bits per heavy atom. The van der Waals surface area contributed by atoms with E-state index < -0.39 is 8.32 Å². The van der Waals surface area contributed by atoms with E-state index in [0.717, 1.165) is 12.8 Å². The molecule has 1 aromatic rings. The Morgan fingerprint density at radius 3 is 2.36 bits per heavy atom. The van der Waals surface area contributed by atoms with E-state index in [9.17, 15) is 0 Å². The quantitative estimate of drug-likeness (QED) is 0.407. The van der Waals surface area contributed by atoms with Crippen LogP contribution < -0.4 is 0 Å². The number of benzene rings is 1. The van der Waals surface area contributed by atoms with Gasteiger partial charge >= 0.3 is 0 Å². The number of aryl methyl sites for hydroxylation is 1. The molecule has 1 aromatic carbocycles. The molecule has 0 radical (unpaired) electrons. The van der Waals surface area contributed by atoms with E-state index in [-0.39, 0.29) is 0 Å². The van der Waals surface area contributed by atoms with Gasteiger partial charge in [-0.25, -0.2) is 4.43 Å². The van der Waals surface area contributed by atoms with Crippen molar-refractivity contribution < 1.29 is 4.43 Å². The molecule has 0 atom stereocenters. The van der Waals surface area contributed by atoms with Crippen molar-refractivity contribution in [1.29, 1.82) is 0 Å². The van der Waals surface area contributed by atoms with Gasteiger partial charge in [0.15, 0.2) is 0 Å². The van der Waals surface area contributed by atoms with Crippen LogP contribution in [0.25, 0.3) is 0 Å². The van der Waals surface area contributed by atoms with Crippen molar-refractivity contribution in [3.8, 4) is 0 Å². The summed E-state index contributed by atoms with van der Waals surface area (Å²) in [4.78, 5) is 0. The van der Waals surface area contributed by atoms with Gasteiger partial charge in [-0.3, -0.25) is 0 Å². The first-order valence-corrected chi connectivity index (χ1v) is 8.52. The van der Waals surface area contributed by atoms with Gasteiger partial charge in [0.05, 0.1) is 0 Å². The highest BCUT2D eigenvalue weighted by Gasteiger charge is 2.20. The van der Waals surface area contributed by atoms with Crippen molar-refractivity contribution >= 4 is 8.32 Å². The van der Waals surface area contributed by atoms with Crippen LogP contribution in [0.4, 0.5) is 0 Å². The van der Waals surface area contributed by atoms with Crippen LogP contribution >= 0.6 is 0 Å². The summed E-state index contributed by atoms with van der Waals surface area (Å²) in [6.45, 7) is 8.57. The van der Waals surface area contributed by atoms with Gasteiger partial charge in [0, 0.05) is 6.42 Å². The lowest BCUT2D eigenvalue weighted by molar-refractivity contribution is 0.387. The summed E-state index contributed by atoms with van der Waals surface area (Å²) in [7, 11) is -1.35. The molecule has 1 nitrogen and oxygen atoms in total. The van der Waals surface area contributed by atoms with Gasteiger partial charge in [-0.2, -0.15) is 0 Å². The molecule has 0 spiro atoms. The summed E-state index contributed by atoms with van der Waals surface area (Å²) in [5.74, 6) is 0. The second kappa shape index (κ2) is 5.22. The Kier molecular flexibility index (Phi) is 4.23. The van der Waals surface area contributed by atoms with Crippen molar-refractivity contribution in [1.82, 2.24) is 0 Å². The summed E-state index contributed by atoms with van der Waals surface area (Å²) in [5.41, 5.74) is 1.38. The fraction of sp³-hybridized carbons (Fsp3) is 0.417. The van der Waals surface area contributed by atoms with Gasteiger partial charge < -0.3 is 0 Å². The Bertz CT molecular complexity index is 251. The van der Waals surface area contributed by atoms with E-state index in [1.165, 1.54) is 5.56 Å². The molecular formula is C12H19OSi+. The third-order valence-electron chi connectivity index (χ3n) is 1.83. The first-order chi connectivity index (χ1) is 6.58. The van der Waals surface area contributed by atoms with E-state index >= 15 is 0 Å². The molecule has 0 N–H and O–H groups in total. The Hall–Kier alpha value is -0.733. The van der Waals surface area contributed by atoms with Crippen LogP contribution in [0, 0.1) is 6.61 Å².